The molecule has 0 radical (unpaired) electrons. The van der Waals surface area contributed by atoms with Crippen molar-refractivity contribution in [3.63, 3.8) is 0 Å². The first-order valence-electron chi connectivity index (χ1n) is 9.01. The third-order valence-corrected chi connectivity index (χ3v) is 5.92. The molecule has 1 aliphatic heterocycles. The maximum Gasteiger partial charge on any atom is 0.272 e. The summed E-state index contributed by atoms with van der Waals surface area (Å²) in [5.74, 6) is -0.0292. The van der Waals surface area contributed by atoms with Crippen LogP contribution in [0.3, 0.4) is 0 Å². The first-order chi connectivity index (χ1) is 12.7. The van der Waals surface area contributed by atoms with Crippen LogP contribution in [0.1, 0.15) is 36.2 Å². The van der Waals surface area contributed by atoms with Crippen LogP contribution in [0.4, 0.5) is 0 Å². The molecule has 26 heavy (non-hydrogen) atoms. The number of amides is 1. The molecule has 2 aromatic rings. The molecule has 4 rings (SSSR count). The molecule has 0 aromatic carbocycles. The Bertz CT molecular complexity index is 778. The van der Waals surface area contributed by atoms with E-state index in [1.165, 1.54) is 0 Å². The summed E-state index contributed by atoms with van der Waals surface area (Å²) in [5.41, 5.74) is 1.92. The smallest absolute Gasteiger partial charge is 0.272 e. The van der Waals surface area contributed by atoms with Crippen molar-refractivity contribution in [3.05, 3.63) is 36.3 Å². The summed E-state index contributed by atoms with van der Waals surface area (Å²) in [4.78, 5) is 19.1. The van der Waals surface area contributed by atoms with E-state index in [1.807, 2.05) is 17.0 Å². The van der Waals surface area contributed by atoms with E-state index in [4.69, 9.17) is 9.47 Å². The quantitative estimate of drug-likeness (QED) is 0.909. The Balaban J connectivity index is 1.57. The number of nitrogens with one attached hydrogen (secondary N) is 1. The summed E-state index contributed by atoms with van der Waals surface area (Å²) in [5, 5.41) is 7.19. The summed E-state index contributed by atoms with van der Waals surface area (Å²) in [6.07, 6.45) is 7.16. The van der Waals surface area contributed by atoms with Gasteiger partial charge in [0.2, 0.25) is 0 Å². The van der Waals surface area contributed by atoms with E-state index in [9.17, 15) is 4.79 Å². The molecule has 7 heteroatoms. The Hall–Kier alpha value is -2.25. The Kier molecular flexibility index (Phi) is 4.50. The minimum Gasteiger partial charge on any atom is -0.381 e. The van der Waals surface area contributed by atoms with Crippen LogP contribution in [0.2, 0.25) is 0 Å². The number of carbonyl (C=O) groups is 1. The fourth-order valence-electron chi connectivity index (χ4n) is 4.38. The molecule has 2 fully saturated rings. The number of pyridine rings is 1. The minimum atomic E-state index is -0.251. The highest BCUT2D eigenvalue weighted by Gasteiger charge is 2.52. The van der Waals surface area contributed by atoms with Crippen LogP contribution in [0, 0.1) is 0 Å². The summed E-state index contributed by atoms with van der Waals surface area (Å²) >= 11 is 0. The second-order valence-electron chi connectivity index (χ2n) is 7.07. The van der Waals surface area contributed by atoms with Gasteiger partial charge in [-0.2, -0.15) is 5.10 Å². The number of nitrogens with zero attached hydrogens (tertiary/aromatic N) is 3. The molecule has 2 aliphatic rings. The Morgan fingerprint density at radius 1 is 1.31 bits per heavy atom. The number of hydrogen-bond acceptors (Lipinski definition) is 5. The van der Waals surface area contributed by atoms with Crippen molar-refractivity contribution in [1.82, 2.24) is 20.1 Å². The molecule has 138 valence electrons. The number of fused-ring (bicyclic) bond motifs is 1. The second kappa shape index (κ2) is 6.81. The normalized spacial score (nSPS) is 28.2. The van der Waals surface area contributed by atoms with Crippen molar-refractivity contribution in [3.8, 4) is 11.3 Å². The molecule has 2 aromatic heterocycles. The van der Waals surface area contributed by atoms with Crippen LogP contribution in [0.5, 0.6) is 0 Å². The maximum atomic E-state index is 13.1. The molecule has 3 atom stereocenters. The van der Waals surface area contributed by atoms with Crippen LogP contribution in [0.25, 0.3) is 11.3 Å². The van der Waals surface area contributed by atoms with Crippen molar-refractivity contribution in [1.29, 1.82) is 0 Å². The van der Waals surface area contributed by atoms with Crippen molar-refractivity contribution < 1.29 is 14.3 Å². The SMILES string of the molecule is COC1CCC2(OC)CCN(C(=O)c3cc(-c4ccncc4)n[nH]3)C2C1. The van der Waals surface area contributed by atoms with Crippen molar-refractivity contribution in [2.45, 2.75) is 43.4 Å². The minimum absolute atomic E-state index is 0.0292. The average molecular weight is 356 g/mol. The van der Waals surface area contributed by atoms with E-state index >= 15 is 0 Å². The van der Waals surface area contributed by atoms with Gasteiger partial charge in [0.1, 0.15) is 5.69 Å². The van der Waals surface area contributed by atoms with Gasteiger partial charge in [-0.05, 0) is 43.9 Å². The molecule has 1 N–H and O–H groups in total. The predicted octanol–water partition coefficient (Wildman–Crippen LogP) is 2.27. The zero-order chi connectivity index (χ0) is 18.1. The third kappa shape index (κ3) is 2.81. The lowest BCUT2D eigenvalue weighted by atomic mass is 9.79. The van der Waals surface area contributed by atoms with Crippen molar-refractivity contribution >= 4 is 5.91 Å². The van der Waals surface area contributed by atoms with Gasteiger partial charge in [-0.25, -0.2) is 0 Å². The number of hydrogen-bond donors (Lipinski definition) is 1. The predicted molar refractivity (Wildman–Crippen MR) is 95.6 cm³/mol. The molecule has 1 saturated carbocycles. The van der Waals surface area contributed by atoms with Gasteiger partial charge in [-0.15, -0.1) is 0 Å². The highest BCUT2D eigenvalue weighted by atomic mass is 16.5. The van der Waals surface area contributed by atoms with Crippen molar-refractivity contribution in [2.24, 2.45) is 0 Å². The molecule has 7 nitrogen and oxygen atoms in total. The van der Waals surface area contributed by atoms with Crippen LogP contribution in [0.15, 0.2) is 30.6 Å². The van der Waals surface area contributed by atoms with Gasteiger partial charge in [0, 0.05) is 38.7 Å². The summed E-state index contributed by atoms with van der Waals surface area (Å²) in [6, 6.07) is 5.59. The van der Waals surface area contributed by atoms with Gasteiger partial charge < -0.3 is 14.4 Å². The number of H-pyrrole nitrogens is 1. The van der Waals surface area contributed by atoms with E-state index < -0.39 is 0 Å². The summed E-state index contributed by atoms with van der Waals surface area (Å²) in [6.45, 7) is 0.692. The number of aromatic amines is 1. The van der Waals surface area contributed by atoms with E-state index in [2.05, 4.69) is 15.2 Å². The maximum absolute atomic E-state index is 13.1. The molecular weight excluding hydrogens is 332 g/mol. The molecule has 1 saturated heterocycles. The fraction of sp³-hybridized carbons (Fsp3) is 0.526. The number of likely N-dealkylation sites (tertiary alicyclic amines) is 1. The number of methoxy groups -OCH3 is 2. The standard InChI is InChI=1S/C19H24N4O3/c1-25-14-3-6-19(26-2)7-10-23(17(19)11-14)18(24)16-12-15(21-22-16)13-4-8-20-9-5-13/h4-5,8-9,12,14,17H,3,6-7,10-11H2,1-2H3,(H,21,22). The van der Waals surface area contributed by atoms with Gasteiger partial charge in [-0.3, -0.25) is 14.9 Å². The van der Waals surface area contributed by atoms with Gasteiger partial charge in [0.15, 0.2) is 0 Å². The van der Waals surface area contributed by atoms with Gasteiger partial charge in [0.25, 0.3) is 5.91 Å². The van der Waals surface area contributed by atoms with Crippen LogP contribution in [-0.4, -0.2) is 64.5 Å². The number of ether oxygens (including phenoxy) is 2. The lowest BCUT2D eigenvalue weighted by Crippen LogP contribution is -2.53. The first-order valence-corrected chi connectivity index (χ1v) is 9.01. The number of rotatable bonds is 4. The number of aromatic nitrogens is 3. The molecule has 1 aliphatic carbocycles. The Morgan fingerprint density at radius 2 is 2.12 bits per heavy atom. The summed E-state index contributed by atoms with van der Waals surface area (Å²) in [7, 11) is 3.49. The van der Waals surface area contributed by atoms with Gasteiger partial charge in [0.05, 0.1) is 23.4 Å². The topological polar surface area (TPSA) is 80.3 Å². The second-order valence-corrected chi connectivity index (χ2v) is 7.07. The zero-order valence-corrected chi connectivity index (χ0v) is 15.1. The molecular formula is C19H24N4O3. The average Bonchev–Trinajstić information content (AvgIpc) is 3.33. The van der Waals surface area contributed by atoms with E-state index in [0.717, 1.165) is 36.9 Å². The van der Waals surface area contributed by atoms with Crippen LogP contribution in [-0.2, 0) is 9.47 Å². The highest BCUT2D eigenvalue weighted by molar-refractivity contribution is 5.94. The lowest BCUT2D eigenvalue weighted by Gasteiger charge is -2.43. The van der Waals surface area contributed by atoms with E-state index in [0.29, 0.717) is 12.2 Å². The van der Waals surface area contributed by atoms with Gasteiger partial charge in [-0.1, -0.05) is 0 Å². The van der Waals surface area contributed by atoms with Crippen LogP contribution >= 0.6 is 0 Å². The molecule has 3 unspecified atom stereocenters. The van der Waals surface area contributed by atoms with Crippen molar-refractivity contribution in [2.75, 3.05) is 20.8 Å². The largest absolute Gasteiger partial charge is 0.381 e. The Labute approximate surface area is 152 Å². The van der Waals surface area contributed by atoms with E-state index in [-0.39, 0.29) is 23.7 Å². The molecule has 3 heterocycles. The van der Waals surface area contributed by atoms with Gasteiger partial charge >= 0.3 is 0 Å². The first kappa shape index (κ1) is 17.2. The molecule has 0 bridgehead atoms. The third-order valence-electron chi connectivity index (χ3n) is 5.92. The number of carbonyl (C=O) groups excluding carboxylic acids is 1. The molecule has 0 spiro atoms. The Morgan fingerprint density at radius 3 is 2.85 bits per heavy atom. The van der Waals surface area contributed by atoms with Crippen LogP contribution < -0.4 is 0 Å². The zero-order valence-electron chi connectivity index (χ0n) is 15.1. The molecule has 1 amide bonds. The summed E-state index contributed by atoms with van der Waals surface area (Å²) < 4.78 is 11.5. The fourth-order valence-corrected chi connectivity index (χ4v) is 4.38. The highest BCUT2D eigenvalue weighted by Crippen LogP contribution is 2.43. The lowest BCUT2D eigenvalue weighted by molar-refractivity contribution is -0.0894. The van der Waals surface area contributed by atoms with E-state index in [1.54, 1.807) is 32.7 Å². The monoisotopic (exact) mass is 356 g/mol.